The summed E-state index contributed by atoms with van der Waals surface area (Å²) in [7, 11) is 0. The van der Waals surface area contributed by atoms with Crippen LogP contribution in [0.2, 0.25) is 0 Å². The number of hydrogen-bond donors (Lipinski definition) is 1. The van der Waals surface area contributed by atoms with Crippen molar-refractivity contribution < 1.29 is 4.74 Å². The van der Waals surface area contributed by atoms with Crippen molar-refractivity contribution in [2.45, 2.75) is 39.7 Å². The molecule has 0 aliphatic carbocycles. The Morgan fingerprint density at radius 1 is 1.26 bits per heavy atom. The zero-order valence-corrected chi connectivity index (χ0v) is 12.9. The van der Waals surface area contributed by atoms with E-state index in [1.807, 2.05) is 11.3 Å². The predicted molar refractivity (Wildman–Crippen MR) is 81.1 cm³/mol. The topological polar surface area (TPSA) is 37.4 Å². The number of nitrogens with one attached hydrogen (secondary N) is 1. The van der Waals surface area contributed by atoms with Gasteiger partial charge in [0.2, 0.25) is 0 Å². The molecular weight excluding hydrogens is 258 g/mol. The first-order valence-electron chi connectivity index (χ1n) is 7.37. The summed E-state index contributed by atoms with van der Waals surface area (Å²) >= 11 is 1.85. The van der Waals surface area contributed by atoms with Crippen LogP contribution in [0.4, 0.5) is 5.13 Å². The molecule has 1 aromatic rings. The van der Waals surface area contributed by atoms with Gasteiger partial charge in [-0.05, 0) is 19.4 Å². The third kappa shape index (κ3) is 4.16. The lowest BCUT2D eigenvalue weighted by Crippen LogP contribution is -2.36. The maximum atomic E-state index is 5.41. The maximum Gasteiger partial charge on any atom is 0.185 e. The highest BCUT2D eigenvalue weighted by Crippen LogP contribution is 2.27. The van der Waals surface area contributed by atoms with E-state index in [1.54, 1.807) is 0 Å². The van der Waals surface area contributed by atoms with E-state index in [2.05, 4.69) is 24.1 Å². The molecule has 1 fully saturated rings. The third-order valence-electron chi connectivity index (χ3n) is 3.25. The van der Waals surface area contributed by atoms with Crippen LogP contribution in [0, 0.1) is 0 Å². The molecule has 4 nitrogen and oxygen atoms in total. The Balaban J connectivity index is 2.04. The largest absolute Gasteiger partial charge is 0.378 e. The van der Waals surface area contributed by atoms with Crippen molar-refractivity contribution in [1.29, 1.82) is 0 Å². The van der Waals surface area contributed by atoms with Crippen molar-refractivity contribution >= 4 is 16.5 Å². The Hall–Kier alpha value is -0.650. The minimum absolute atomic E-state index is 0.826. The summed E-state index contributed by atoms with van der Waals surface area (Å²) in [6.45, 7) is 10.1. The summed E-state index contributed by atoms with van der Waals surface area (Å²) in [5.41, 5.74) is 1.29. The number of hydrogen-bond acceptors (Lipinski definition) is 5. The molecule has 2 rings (SSSR count). The number of nitrogens with zero attached hydrogens (tertiary/aromatic N) is 2. The summed E-state index contributed by atoms with van der Waals surface area (Å²) in [6, 6.07) is 0. The monoisotopic (exact) mass is 283 g/mol. The van der Waals surface area contributed by atoms with Gasteiger partial charge in [-0.3, -0.25) is 0 Å². The number of aromatic nitrogens is 1. The smallest absolute Gasteiger partial charge is 0.185 e. The Labute approximate surface area is 120 Å². The van der Waals surface area contributed by atoms with Gasteiger partial charge < -0.3 is 15.0 Å². The second-order valence-corrected chi connectivity index (χ2v) is 5.95. The Morgan fingerprint density at radius 3 is 2.74 bits per heavy atom. The summed E-state index contributed by atoms with van der Waals surface area (Å²) in [4.78, 5) is 8.62. The van der Waals surface area contributed by atoms with Crippen molar-refractivity contribution in [2.24, 2.45) is 0 Å². The van der Waals surface area contributed by atoms with E-state index < -0.39 is 0 Å². The minimum atomic E-state index is 0.826. The van der Waals surface area contributed by atoms with Crippen molar-refractivity contribution in [3.63, 3.8) is 0 Å². The molecule has 5 heteroatoms. The summed E-state index contributed by atoms with van der Waals surface area (Å²) in [6.07, 6.45) is 3.43. The fraction of sp³-hybridized carbons (Fsp3) is 0.786. The average molecular weight is 283 g/mol. The SMILES string of the molecule is CCCNCc1sc(N2CCOCC2)nc1CCC. The summed E-state index contributed by atoms with van der Waals surface area (Å²) in [5.74, 6) is 0. The average Bonchev–Trinajstić information content (AvgIpc) is 2.84. The van der Waals surface area contributed by atoms with E-state index in [9.17, 15) is 0 Å². The fourth-order valence-corrected chi connectivity index (χ4v) is 3.34. The van der Waals surface area contributed by atoms with E-state index in [0.29, 0.717) is 0 Å². The van der Waals surface area contributed by atoms with Gasteiger partial charge in [0.25, 0.3) is 0 Å². The molecule has 0 spiro atoms. The number of thiazole rings is 1. The molecule has 0 unspecified atom stereocenters. The molecular formula is C14H25N3OS. The van der Waals surface area contributed by atoms with Crippen LogP contribution in [0.1, 0.15) is 37.3 Å². The number of rotatable bonds is 7. The van der Waals surface area contributed by atoms with Crippen LogP contribution < -0.4 is 10.2 Å². The van der Waals surface area contributed by atoms with E-state index >= 15 is 0 Å². The Kier molecular flexibility index (Phi) is 6.07. The lowest BCUT2D eigenvalue weighted by Gasteiger charge is -2.26. The van der Waals surface area contributed by atoms with Crippen molar-refractivity contribution in [3.8, 4) is 0 Å². The number of morpholine rings is 1. The normalized spacial score (nSPS) is 16.0. The van der Waals surface area contributed by atoms with Gasteiger partial charge in [0.15, 0.2) is 5.13 Å². The zero-order valence-electron chi connectivity index (χ0n) is 12.1. The highest BCUT2D eigenvalue weighted by Gasteiger charge is 2.17. The quantitative estimate of drug-likeness (QED) is 0.780. The van der Waals surface area contributed by atoms with Gasteiger partial charge in [0.1, 0.15) is 0 Å². The number of ether oxygens (including phenoxy) is 1. The van der Waals surface area contributed by atoms with Gasteiger partial charge in [-0.2, -0.15) is 0 Å². The third-order valence-corrected chi connectivity index (χ3v) is 4.41. The Morgan fingerprint density at radius 2 is 2.05 bits per heavy atom. The molecule has 0 saturated carbocycles. The van der Waals surface area contributed by atoms with E-state index in [0.717, 1.165) is 52.2 Å². The maximum absolute atomic E-state index is 5.41. The molecule has 0 atom stereocenters. The molecule has 1 N–H and O–H groups in total. The first-order valence-corrected chi connectivity index (χ1v) is 8.18. The molecule has 1 aliphatic heterocycles. The van der Waals surface area contributed by atoms with Crippen LogP contribution in [-0.2, 0) is 17.7 Å². The lowest BCUT2D eigenvalue weighted by molar-refractivity contribution is 0.122. The molecule has 108 valence electrons. The fourth-order valence-electron chi connectivity index (χ4n) is 2.21. The summed E-state index contributed by atoms with van der Waals surface area (Å²) < 4.78 is 5.41. The van der Waals surface area contributed by atoms with Crippen LogP contribution in [0.15, 0.2) is 0 Å². The standard InChI is InChI=1S/C14H25N3OS/c1-3-5-12-13(11-15-6-4-2)19-14(16-12)17-7-9-18-10-8-17/h15H,3-11H2,1-2H3. The van der Waals surface area contributed by atoms with Crippen LogP contribution in [0.3, 0.4) is 0 Å². The first kappa shape index (κ1) is 14.8. The van der Waals surface area contributed by atoms with Gasteiger partial charge in [-0.15, -0.1) is 11.3 Å². The van der Waals surface area contributed by atoms with Crippen LogP contribution in [0.5, 0.6) is 0 Å². The van der Waals surface area contributed by atoms with Gasteiger partial charge in [-0.1, -0.05) is 20.3 Å². The van der Waals surface area contributed by atoms with Gasteiger partial charge in [0, 0.05) is 24.5 Å². The zero-order chi connectivity index (χ0) is 13.5. The van der Waals surface area contributed by atoms with Gasteiger partial charge >= 0.3 is 0 Å². The lowest BCUT2D eigenvalue weighted by atomic mass is 10.2. The van der Waals surface area contributed by atoms with Crippen LogP contribution >= 0.6 is 11.3 Å². The highest BCUT2D eigenvalue weighted by molar-refractivity contribution is 7.15. The van der Waals surface area contributed by atoms with Gasteiger partial charge in [0.05, 0.1) is 18.9 Å². The molecule has 0 aromatic carbocycles. The van der Waals surface area contributed by atoms with E-state index in [-0.39, 0.29) is 0 Å². The molecule has 0 bridgehead atoms. The second kappa shape index (κ2) is 7.82. The number of aryl methyl sites for hydroxylation is 1. The first-order chi connectivity index (χ1) is 9.35. The van der Waals surface area contributed by atoms with Crippen molar-refractivity contribution in [2.75, 3.05) is 37.7 Å². The van der Waals surface area contributed by atoms with Crippen molar-refractivity contribution in [1.82, 2.24) is 10.3 Å². The molecule has 1 aliphatic rings. The molecule has 0 amide bonds. The van der Waals surface area contributed by atoms with Crippen LogP contribution in [0.25, 0.3) is 0 Å². The highest BCUT2D eigenvalue weighted by atomic mass is 32.1. The summed E-state index contributed by atoms with van der Waals surface area (Å²) in [5, 5.41) is 4.67. The second-order valence-electron chi connectivity index (χ2n) is 4.89. The number of anilines is 1. The molecule has 0 radical (unpaired) electrons. The predicted octanol–water partition coefficient (Wildman–Crippen LogP) is 2.43. The minimum Gasteiger partial charge on any atom is -0.378 e. The van der Waals surface area contributed by atoms with Crippen molar-refractivity contribution in [3.05, 3.63) is 10.6 Å². The van der Waals surface area contributed by atoms with E-state index in [4.69, 9.17) is 9.72 Å². The molecule has 19 heavy (non-hydrogen) atoms. The Bertz CT molecular complexity index is 375. The molecule has 1 saturated heterocycles. The van der Waals surface area contributed by atoms with E-state index in [1.165, 1.54) is 22.1 Å². The van der Waals surface area contributed by atoms with Gasteiger partial charge in [-0.25, -0.2) is 4.98 Å². The van der Waals surface area contributed by atoms with Crippen LogP contribution in [-0.4, -0.2) is 37.8 Å². The molecule has 2 heterocycles. The molecule has 1 aromatic heterocycles.